The molecule has 0 bridgehead atoms. The number of hydrogen-bond acceptors (Lipinski definition) is 4. The van der Waals surface area contributed by atoms with Crippen molar-refractivity contribution in [2.24, 2.45) is 0 Å². The molecule has 1 aromatic carbocycles. The first-order chi connectivity index (χ1) is 10.8. The number of benzene rings is 1. The summed E-state index contributed by atoms with van der Waals surface area (Å²) in [6.07, 6.45) is 0.321. The highest BCUT2D eigenvalue weighted by atomic mass is 127. The van der Waals surface area contributed by atoms with Crippen molar-refractivity contribution in [1.29, 1.82) is 0 Å². The smallest absolute Gasteiger partial charge is 0.407 e. The standard InChI is InChI=1S/C17H24INO4/c1-17(2,3)23-15(20)10-9-14(11-18)19-16(21)22-12-13-7-5-4-6-8-13/h4-8,14H,9-12H2,1-3H3,(H,19,21)/t14-/m0/s1. The predicted octanol–water partition coefficient (Wildman–Crippen LogP) is 3.84. The van der Waals surface area contributed by atoms with E-state index in [4.69, 9.17) is 9.47 Å². The van der Waals surface area contributed by atoms with Crippen molar-refractivity contribution in [2.45, 2.75) is 51.9 Å². The third-order valence-corrected chi connectivity index (χ3v) is 3.90. The van der Waals surface area contributed by atoms with Gasteiger partial charge in [-0.1, -0.05) is 52.9 Å². The molecule has 23 heavy (non-hydrogen) atoms. The molecule has 1 amide bonds. The third-order valence-electron chi connectivity index (χ3n) is 2.84. The molecule has 0 unspecified atom stereocenters. The molecule has 1 rings (SSSR count). The Labute approximate surface area is 151 Å². The average molecular weight is 433 g/mol. The highest BCUT2D eigenvalue weighted by Gasteiger charge is 2.19. The van der Waals surface area contributed by atoms with E-state index in [1.807, 2.05) is 51.1 Å². The number of esters is 1. The summed E-state index contributed by atoms with van der Waals surface area (Å²) in [5, 5.41) is 2.78. The Balaban J connectivity index is 2.32. The molecule has 0 fully saturated rings. The number of halogens is 1. The molecule has 6 heteroatoms. The Morgan fingerprint density at radius 1 is 1.22 bits per heavy atom. The summed E-state index contributed by atoms with van der Waals surface area (Å²) in [5.41, 5.74) is 0.446. The number of amides is 1. The maximum absolute atomic E-state index is 11.8. The average Bonchev–Trinajstić information content (AvgIpc) is 2.48. The molecule has 0 radical (unpaired) electrons. The van der Waals surface area contributed by atoms with E-state index in [-0.39, 0.29) is 25.0 Å². The maximum atomic E-state index is 11.8. The molecule has 0 saturated carbocycles. The van der Waals surface area contributed by atoms with Crippen molar-refractivity contribution in [3.63, 3.8) is 0 Å². The zero-order valence-corrected chi connectivity index (χ0v) is 16.0. The fourth-order valence-electron chi connectivity index (χ4n) is 1.80. The number of rotatable bonds is 7. The van der Waals surface area contributed by atoms with Crippen LogP contribution in [0.4, 0.5) is 4.79 Å². The van der Waals surface area contributed by atoms with Crippen LogP contribution < -0.4 is 5.32 Å². The van der Waals surface area contributed by atoms with E-state index >= 15 is 0 Å². The number of alkyl halides is 1. The topological polar surface area (TPSA) is 64.6 Å². The second-order valence-corrected chi connectivity index (χ2v) is 7.06. The van der Waals surface area contributed by atoms with Crippen LogP contribution in [0, 0.1) is 0 Å². The Morgan fingerprint density at radius 3 is 2.43 bits per heavy atom. The first kappa shape index (κ1) is 19.7. The lowest BCUT2D eigenvalue weighted by atomic mass is 10.1. The van der Waals surface area contributed by atoms with Gasteiger partial charge in [0.15, 0.2) is 0 Å². The molecule has 1 aromatic rings. The quantitative estimate of drug-likeness (QED) is 0.403. The summed E-state index contributed by atoms with van der Waals surface area (Å²) < 4.78 is 11.1. The number of hydrogen-bond donors (Lipinski definition) is 1. The van der Waals surface area contributed by atoms with Crippen LogP contribution in [0.2, 0.25) is 0 Å². The Bertz CT molecular complexity index is 499. The highest BCUT2D eigenvalue weighted by molar-refractivity contribution is 14.1. The summed E-state index contributed by atoms with van der Waals surface area (Å²) in [5.74, 6) is -0.258. The monoisotopic (exact) mass is 433 g/mol. The molecule has 0 aliphatic rings. The van der Waals surface area contributed by atoms with Gasteiger partial charge in [-0.15, -0.1) is 0 Å². The first-order valence-corrected chi connectivity index (χ1v) is 9.08. The molecule has 0 aromatic heterocycles. The minimum atomic E-state index is -0.487. The largest absolute Gasteiger partial charge is 0.460 e. The van der Waals surface area contributed by atoms with Gasteiger partial charge in [-0.25, -0.2) is 4.79 Å². The molecule has 128 valence electrons. The lowest BCUT2D eigenvalue weighted by molar-refractivity contribution is -0.155. The van der Waals surface area contributed by atoms with E-state index in [2.05, 4.69) is 27.9 Å². The van der Waals surface area contributed by atoms with Gasteiger partial charge in [0.05, 0.1) is 0 Å². The van der Waals surface area contributed by atoms with Crippen molar-refractivity contribution in [2.75, 3.05) is 4.43 Å². The zero-order valence-electron chi connectivity index (χ0n) is 13.8. The van der Waals surface area contributed by atoms with Crippen molar-refractivity contribution >= 4 is 34.7 Å². The fourth-order valence-corrected chi connectivity index (χ4v) is 2.46. The van der Waals surface area contributed by atoms with Crippen LogP contribution in [0.3, 0.4) is 0 Å². The molecule has 0 saturated heterocycles. The Kier molecular flexibility index (Phi) is 8.36. The minimum absolute atomic E-state index is 0.119. The van der Waals surface area contributed by atoms with Gasteiger partial charge in [0.2, 0.25) is 0 Å². The molecule has 0 aliphatic carbocycles. The van der Waals surface area contributed by atoms with Crippen molar-refractivity contribution in [3.8, 4) is 0 Å². The highest BCUT2D eigenvalue weighted by Crippen LogP contribution is 2.11. The van der Waals surface area contributed by atoms with Crippen LogP contribution in [-0.2, 0) is 20.9 Å². The van der Waals surface area contributed by atoms with Gasteiger partial charge in [0.1, 0.15) is 12.2 Å². The second-order valence-electron chi connectivity index (χ2n) is 6.18. The summed E-state index contributed by atoms with van der Waals surface area (Å²) in [6, 6.07) is 9.37. The molecule has 1 atom stereocenters. The van der Waals surface area contributed by atoms with E-state index < -0.39 is 11.7 Å². The van der Waals surface area contributed by atoms with E-state index in [9.17, 15) is 9.59 Å². The first-order valence-electron chi connectivity index (χ1n) is 7.55. The lowest BCUT2D eigenvalue weighted by Crippen LogP contribution is -2.37. The van der Waals surface area contributed by atoms with E-state index in [0.29, 0.717) is 10.8 Å². The van der Waals surface area contributed by atoms with Crippen LogP contribution in [0.15, 0.2) is 30.3 Å². The van der Waals surface area contributed by atoms with Crippen molar-refractivity contribution in [3.05, 3.63) is 35.9 Å². The molecule has 0 aliphatic heterocycles. The molecule has 0 spiro atoms. The molecule has 1 N–H and O–H groups in total. The SMILES string of the molecule is CC(C)(C)OC(=O)CC[C@@H](CI)NC(=O)OCc1ccccc1. The third kappa shape index (κ3) is 9.43. The van der Waals surface area contributed by atoms with Gasteiger partial charge in [-0.2, -0.15) is 0 Å². The van der Waals surface area contributed by atoms with Gasteiger partial charge < -0.3 is 14.8 Å². The van der Waals surface area contributed by atoms with E-state index in [1.54, 1.807) is 0 Å². The molecular formula is C17H24INO4. The number of carbonyl (C=O) groups is 2. The molecular weight excluding hydrogens is 409 g/mol. The van der Waals surface area contributed by atoms with Gasteiger partial charge in [-0.3, -0.25) is 4.79 Å². The number of ether oxygens (including phenoxy) is 2. The summed E-state index contributed by atoms with van der Waals surface area (Å²) >= 11 is 2.18. The summed E-state index contributed by atoms with van der Waals surface area (Å²) in [7, 11) is 0. The molecule has 0 heterocycles. The Hall–Kier alpha value is -1.31. The van der Waals surface area contributed by atoms with Gasteiger partial charge in [0.25, 0.3) is 0 Å². The lowest BCUT2D eigenvalue weighted by Gasteiger charge is -2.21. The van der Waals surface area contributed by atoms with Crippen LogP contribution >= 0.6 is 22.6 Å². The van der Waals surface area contributed by atoms with Crippen molar-refractivity contribution < 1.29 is 19.1 Å². The molecule has 5 nitrogen and oxygen atoms in total. The van der Waals surface area contributed by atoms with E-state index in [0.717, 1.165) is 5.56 Å². The number of carbonyl (C=O) groups excluding carboxylic acids is 2. The zero-order chi connectivity index (χ0) is 17.3. The van der Waals surface area contributed by atoms with Crippen molar-refractivity contribution in [1.82, 2.24) is 5.32 Å². The predicted molar refractivity (Wildman–Crippen MR) is 97.5 cm³/mol. The number of alkyl carbamates (subject to hydrolysis) is 1. The van der Waals surface area contributed by atoms with E-state index in [1.165, 1.54) is 0 Å². The summed E-state index contributed by atoms with van der Waals surface area (Å²) in [4.78, 5) is 23.5. The second kappa shape index (κ2) is 9.75. The minimum Gasteiger partial charge on any atom is -0.460 e. The summed E-state index contributed by atoms with van der Waals surface area (Å²) in [6.45, 7) is 5.73. The Morgan fingerprint density at radius 2 is 1.87 bits per heavy atom. The van der Waals surface area contributed by atoms with Crippen LogP contribution in [0.5, 0.6) is 0 Å². The maximum Gasteiger partial charge on any atom is 0.407 e. The fraction of sp³-hybridized carbons (Fsp3) is 0.529. The van der Waals surface area contributed by atoms with Gasteiger partial charge in [0, 0.05) is 16.9 Å². The van der Waals surface area contributed by atoms with Crippen LogP contribution in [-0.4, -0.2) is 28.1 Å². The van der Waals surface area contributed by atoms with Gasteiger partial charge in [-0.05, 0) is 32.8 Å². The van der Waals surface area contributed by atoms with Gasteiger partial charge >= 0.3 is 12.1 Å². The van der Waals surface area contributed by atoms with Crippen LogP contribution in [0.25, 0.3) is 0 Å². The van der Waals surface area contributed by atoms with Crippen LogP contribution in [0.1, 0.15) is 39.2 Å². The number of nitrogens with one attached hydrogen (secondary N) is 1. The normalized spacial score (nSPS) is 12.3.